The summed E-state index contributed by atoms with van der Waals surface area (Å²) >= 11 is 0. The molecule has 4 rings (SSSR count). The monoisotopic (exact) mass is 408 g/mol. The Morgan fingerprint density at radius 1 is 1.18 bits per heavy atom. The zero-order valence-electron chi connectivity index (χ0n) is 16.4. The molecule has 1 aromatic rings. The van der Waals surface area contributed by atoms with E-state index in [1.54, 1.807) is 6.07 Å². The molecule has 1 aromatic heterocycles. The Kier molecular flexibility index (Phi) is 5.09. The maximum Gasteiger partial charge on any atom is 0.281 e. The second-order valence-corrected chi connectivity index (χ2v) is 10.6. The number of amides is 1. The van der Waals surface area contributed by atoms with Crippen molar-refractivity contribution in [3.05, 3.63) is 33.2 Å². The summed E-state index contributed by atoms with van der Waals surface area (Å²) in [6, 6.07) is 1.66. The standard InChI is InChI=1S/C19H28N4O4S/c1-22(2)28(26,27)23-10-13-7-8-14(11-23)17(13)21-19(25)15-9-12-5-3-4-6-16(12)20-18(15)24/h9,13-14,17H,3-8,10-11H2,1-2H3,(H,20,24)(H,21,25)/t13-,14+,17?. The zero-order chi connectivity index (χ0) is 20.1. The van der Waals surface area contributed by atoms with Gasteiger partial charge in [0.1, 0.15) is 5.56 Å². The van der Waals surface area contributed by atoms with Gasteiger partial charge in [0.15, 0.2) is 0 Å². The molecule has 2 bridgehead atoms. The number of nitrogens with one attached hydrogen (secondary N) is 2. The lowest BCUT2D eigenvalue weighted by molar-refractivity contribution is 0.0884. The maximum absolute atomic E-state index is 12.9. The molecule has 0 aromatic carbocycles. The number of rotatable bonds is 4. The van der Waals surface area contributed by atoms with E-state index in [4.69, 9.17) is 0 Å². The minimum absolute atomic E-state index is 0.0779. The third-order valence-electron chi connectivity index (χ3n) is 6.47. The van der Waals surface area contributed by atoms with Crippen LogP contribution in [0.2, 0.25) is 0 Å². The fraction of sp³-hybridized carbons (Fsp3) is 0.684. The highest BCUT2D eigenvalue weighted by molar-refractivity contribution is 7.86. The second kappa shape index (κ2) is 7.27. The first-order valence-corrected chi connectivity index (χ1v) is 11.4. The van der Waals surface area contributed by atoms with Crippen LogP contribution < -0.4 is 10.9 Å². The Morgan fingerprint density at radius 3 is 2.46 bits per heavy atom. The Labute approximate surface area is 165 Å². The van der Waals surface area contributed by atoms with Crippen molar-refractivity contribution in [2.24, 2.45) is 11.8 Å². The highest BCUT2D eigenvalue weighted by atomic mass is 32.2. The van der Waals surface area contributed by atoms with Gasteiger partial charge in [-0.05, 0) is 62.0 Å². The van der Waals surface area contributed by atoms with E-state index >= 15 is 0 Å². The van der Waals surface area contributed by atoms with Crippen molar-refractivity contribution in [3.63, 3.8) is 0 Å². The van der Waals surface area contributed by atoms with Gasteiger partial charge in [-0.25, -0.2) is 0 Å². The number of carbonyl (C=O) groups is 1. The number of carbonyl (C=O) groups excluding carboxylic acids is 1. The molecule has 1 unspecified atom stereocenters. The summed E-state index contributed by atoms with van der Waals surface area (Å²) in [6.07, 6.45) is 5.65. The number of aryl methyl sites for hydroxylation is 2. The fourth-order valence-electron chi connectivity index (χ4n) is 4.91. The van der Waals surface area contributed by atoms with Crippen molar-refractivity contribution in [2.45, 2.75) is 44.6 Å². The average molecular weight is 409 g/mol. The molecule has 3 aliphatic rings. The fourth-order valence-corrected chi connectivity index (χ4v) is 6.13. The molecule has 2 heterocycles. The van der Waals surface area contributed by atoms with Crippen LogP contribution in [0.3, 0.4) is 0 Å². The highest BCUT2D eigenvalue weighted by Crippen LogP contribution is 2.38. The number of hydrogen-bond acceptors (Lipinski definition) is 4. The van der Waals surface area contributed by atoms with Crippen LogP contribution in [0.4, 0.5) is 0 Å². The van der Waals surface area contributed by atoms with Crippen LogP contribution in [0.1, 0.15) is 47.3 Å². The normalized spacial score (nSPS) is 27.6. The van der Waals surface area contributed by atoms with E-state index in [-0.39, 0.29) is 34.9 Å². The molecule has 9 heteroatoms. The van der Waals surface area contributed by atoms with Gasteiger partial charge in [-0.2, -0.15) is 17.0 Å². The van der Waals surface area contributed by atoms with E-state index in [9.17, 15) is 18.0 Å². The van der Waals surface area contributed by atoms with Crippen molar-refractivity contribution < 1.29 is 13.2 Å². The molecule has 1 saturated carbocycles. The van der Waals surface area contributed by atoms with Gasteiger partial charge < -0.3 is 10.3 Å². The molecule has 0 radical (unpaired) electrons. The van der Waals surface area contributed by atoms with Crippen LogP contribution >= 0.6 is 0 Å². The van der Waals surface area contributed by atoms with Crippen LogP contribution in [0.25, 0.3) is 0 Å². The number of fused-ring (bicyclic) bond motifs is 3. The van der Waals surface area contributed by atoms with Gasteiger partial charge in [0.2, 0.25) is 0 Å². The van der Waals surface area contributed by atoms with E-state index < -0.39 is 10.2 Å². The Hall–Kier alpha value is -1.71. The molecule has 8 nitrogen and oxygen atoms in total. The predicted molar refractivity (Wildman–Crippen MR) is 105 cm³/mol. The van der Waals surface area contributed by atoms with Crippen LogP contribution in [0.5, 0.6) is 0 Å². The minimum atomic E-state index is -3.45. The topological polar surface area (TPSA) is 103 Å². The van der Waals surface area contributed by atoms with Crippen LogP contribution in [-0.2, 0) is 23.1 Å². The summed E-state index contributed by atoms with van der Waals surface area (Å²) in [5.41, 5.74) is 1.85. The quantitative estimate of drug-likeness (QED) is 0.757. The number of hydrogen-bond donors (Lipinski definition) is 2. The number of aromatic amines is 1. The van der Waals surface area contributed by atoms with Gasteiger partial charge in [-0.1, -0.05) is 0 Å². The molecule has 2 N–H and O–H groups in total. The third-order valence-corrected chi connectivity index (χ3v) is 8.34. The van der Waals surface area contributed by atoms with E-state index in [2.05, 4.69) is 10.3 Å². The lowest BCUT2D eigenvalue weighted by Crippen LogP contribution is -2.56. The molecule has 1 amide bonds. The first-order valence-electron chi connectivity index (χ1n) is 10.0. The molecule has 1 saturated heterocycles. The van der Waals surface area contributed by atoms with Crippen LogP contribution in [0, 0.1) is 11.8 Å². The smallest absolute Gasteiger partial charge is 0.281 e. The number of aromatic nitrogens is 1. The van der Waals surface area contributed by atoms with E-state index in [1.165, 1.54) is 22.7 Å². The molecule has 28 heavy (non-hydrogen) atoms. The van der Waals surface area contributed by atoms with Gasteiger partial charge in [-0.15, -0.1) is 0 Å². The molecule has 1 aliphatic heterocycles. The summed E-state index contributed by atoms with van der Waals surface area (Å²) in [5, 5.41) is 3.05. The molecular weight excluding hydrogens is 380 g/mol. The van der Waals surface area contributed by atoms with Crippen molar-refractivity contribution in [3.8, 4) is 0 Å². The highest BCUT2D eigenvalue weighted by Gasteiger charge is 2.46. The van der Waals surface area contributed by atoms with Crippen molar-refractivity contribution >= 4 is 16.1 Å². The lowest BCUT2D eigenvalue weighted by atomic mass is 9.92. The first kappa shape index (κ1) is 19.6. The number of nitrogens with zero attached hydrogens (tertiary/aromatic N) is 2. The van der Waals surface area contributed by atoms with Crippen LogP contribution in [-0.4, -0.2) is 61.1 Å². The van der Waals surface area contributed by atoms with Gasteiger partial charge >= 0.3 is 0 Å². The van der Waals surface area contributed by atoms with Gasteiger partial charge in [-0.3, -0.25) is 9.59 Å². The molecule has 154 valence electrons. The maximum atomic E-state index is 12.9. The Balaban J connectivity index is 1.50. The molecule has 0 spiro atoms. The van der Waals surface area contributed by atoms with Crippen LogP contribution in [0.15, 0.2) is 10.9 Å². The molecular formula is C19H28N4O4S. The Morgan fingerprint density at radius 2 is 1.82 bits per heavy atom. The number of piperidine rings is 1. The summed E-state index contributed by atoms with van der Waals surface area (Å²) in [7, 11) is -0.378. The largest absolute Gasteiger partial charge is 0.348 e. The second-order valence-electron chi connectivity index (χ2n) is 8.43. The minimum Gasteiger partial charge on any atom is -0.348 e. The summed E-state index contributed by atoms with van der Waals surface area (Å²) in [6.45, 7) is 0.811. The third kappa shape index (κ3) is 3.40. The first-order chi connectivity index (χ1) is 13.3. The average Bonchev–Trinajstić information content (AvgIpc) is 2.88. The molecule has 3 atom stereocenters. The molecule has 2 fully saturated rings. The van der Waals surface area contributed by atoms with Gasteiger partial charge in [0.05, 0.1) is 0 Å². The summed E-state index contributed by atoms with van der Waals surface area (Å²) in [5.74, 6) is -0.191. The lowest BCUT2D eigenvalue weighted by Gasteiger charge is -2.38. The van der Waals surface area contributed by atoms with Gasteiger partial charge in [0.25, 0.3) is 21.7 Å². The van der Waals surface area contributed by atoms with Crippen molar-refractivity contribution in [1.82, 2.24) is 18.9 Å². The van der Waals surface area contributed by atoms with Crippen molar-refractivity contribution in [1.29, 1.82) is 0 Å². The molecule has 2 aliphatic carbocycles. The van der Waals surface area contributed by atoms with E-state index in [0.717, 1.165) is 49.8 Å². The SMILES string of the molecule is CN(C)S(=O)(=O)N1C[C@H]2CC[C@@H](C1)C2NC(=O)c1cc2c([nH]c1=O)CCCC2. The number of pyridine rings is 1. The summed E-state index contributed by atoms with van der Waals surface area (Å²) < 4.78 is 27.7. The van der Waals surface area contributed by atoms with Crippen molar-refractivity contribution in [2.75, 3.05) is 27.2 Å². The summed E-state index contributed by atoms with van der Waals surface area (Å²) in [4.78, 5) is 28.1. The predicted octanol–water partition coefficient (Wildman–Crippen LogP) is 0.500. The van der Waals surface area contributed by atoms with Gasteiger partial charge in [0, 0.05) is 38.9 Å². The van der Waals surface area contributed by atoms with E-state index in [1.807, 2.05) is 0 Å². The Bertz CT molecular complexity index is 926. The number of H-pyrrole nitrogens is 1. The zero-order valence-corrected chi connectivity index (χ0v) is 17.2. The van der Waals surface area contributed by atoms with E-state index in [0.29, 0.717) is 13.1 Å².